The second-order valence-electron chi connectivity index (χ2n) is 8.07. The lowest BCUT2D eigenvalue weighted by Gasteiger charge is -2.23. The molecule has 0 spiro atoms. The fourth-order valence-corrected chi connectivity index (χ4v) is 4.44. The third-order valence-corrected chi connectivity index (χ3v) is 6.54. The fourth-order valence-electron chi connectivity index (χ4n) is 4.08. The summed E-state index contributed by atoms with van der Waals surface area (Å²) in [5, 5.41) is 11.9. The number of rotatable bonds is 6. The van der Waals surface area contributed by atoms with Crippen LogP contribution in [0.1, 0.15) is 34.3 Å². The molecule has 7 nitrogen and oxygen atoms in total. The Morgan fingerprint density at radius 2 is 1.62 bits per heavy atom. The summed E-state index contributed by atoms with van der Waals surface area (Å²) in [4.78, 5) is 38.0. The van der Waals surface area contributed by atoms with Gasteiger partial charge in [-0.05, 0) is 47.4 Å². The molecule has 0 aromatic heterocycles. The summed E-state index contributed by atoms with van der Waals surface area (Å²) in [5.41, 5.74) is 4.83. The lowest BCUT2D eigenvalue weighted by molar-refractivity contribution is -0.141. The van der Waals surface area contributed by atoms with Crippen LogP contribution in [0.25, 0.3) is 11.1 Å². The highest BCUT2D eigenvalue weighted by Gasteiger charge is 2.29. The molecule has 0 aliphatic heterocycles. The number of ether oxygens (including phenoxy) is 1. The molecule has 1 aliphatic carbocycles. The number of carboxylic acids is 1. The number of nitrogens with one attached hydrogen (secondary N) is 1. The number of hydrogen-bond donors (Lipinski definition) is 2. The second kappa shape index (κ2) is 9.69. The highest BCUT2D eigenvalue weighted by Crippen LogP contribution is 2.44. The first-order valence-electron chi connectivity index (χ1n) is 10.7. The Morgan fingerprint density at radius 3 is 2.21 bits per heavy atom. The molecule has 34 heavy (non-hydrogen) atoms. The summed E-state index contributed by atoms with van der Waals surface area (Å²) < 4.78 is 6.23. The second-order valence-corrected chi connectivity index (χ2v) is 8.99. The van der Waals surface area contributed by atoms with Crippen LogP contribution in [-0.2, 0) is 9.53 Å². The average molecular weight is 523 g/mol. The first-order valence-corrected chi connectivity index (χ1v) is 11.5. The molecule has 1 unspecified atom stereocenters. The van der Waals surface area contributed by atoms with Crippen LogP contribution in [0.2, 0.25) is 0 Å². The van der Waals surface area contributed by atoms with Crippen molar-refractivity contribution in [3.8, 4) is 11.1 Å². The van der Waals surface area contributed by atoms with Crippen LogP contribution in [0.3, 0.4) is 0 Å². The Bertz CT molecular complexity index is 1230. The zero-order chi connectivity index (χ0) is 24.4. The van der Waals surface area contributed by atoms with Crippen molar-refractivity contribution in [2.45, 2.75) is 18.9 Å². The minimum atomic E-state index is -1.13. The molecule has 0 radical (unpaired) electrons. The van der Waals surface area contributed by atoms with Crippen molar-refractivity contribution in [2.75, 3.05) is 19.0 Å². The van der Waals surface area contributed by atoms with Gasteiger partial charge in [0.15, 0.2) is 0 Å². The number of hydrogen-bond acceptors (Lipinski definition) is 4. The van der Waals surface area contributed by atoms with Gasteiger partial charge in [-0.15, -0.1) is 0 Å². The average Bonchev–Trinajstić information content (AvgIpc) is 3.15. The van der Waals surface area contributed by atoms with E-state index in [1.807, 2.05) is 36.4 Å². The molecular weight excluding hydrogens is 500 g/mol. The lowest BCUT2D eigenvalue weighted by Crippen LogP contribution is -2.40. The number of halogens is 1. The van der Waals surface area contributed by atoms with E-state index in [0.717, 1.165) is 27.2 Å². The molecule has 0 saturated carbocycles. The molecule has 0 saturated heterocycles. The quantitative estimate of drug-likeness (QED) is 0.454. The van der Waals surface area contributed by atoms with Crippen molar-refractivity contribution in [1.82, 2.24) is 4.90 Å². The molecule has 2 amide bonds. The molecule has 1 aliphatic rings. The maximum atomic E-state index is 12.9. The monoisotopic (exact) mass is 522 g/mol. The summed E-state index contributed by atoms with van der Waals surface area (Å²) in [5.74, 6) is -1.75. The van der Waals surface area contributed by atoms with Crippen LogP contribution in [0.4, 0.5) is 10.5 Å². The summed E-state index contributed by atoms with van der Waals surface area (Å²) in [6.45, 7) is 1.55. The maximum Gasteiger partial charge on any atom is 0.411 e. The summed E-state index contributed by atoms with van der Waals surface area (Å²) >= 11 is 3.34. The van der Waals surface area contributed by atoms with Gasteiger partial charge < -0.3 is 14.7 Å². The first kappa shape index (κ1) is 23.5. The van der Waals surface area contributed by atoms with Gasteiger partial charge in [-0.2, -0.15) is 0 Å². The Morgan fingerprint density at radius 1 is 1.03 bits per heavy atom. The van der Waals surface area contributed by atoms with Crippen molar-refractivity contribution in [2.24, 2.45) is 0 Å². The minimum absolute atomic E-state index is 0.0932. The van der Waals surface area contributed by atoms with Crippen LogP contribution >= 0.6 is 15.9 Å². The summed E-state index contributed by atoms with van der Waals surface area (Å²) in [6.07, 6.45) is -0.706. The van der Waals surface area contributed by atoms with Crippen molar-refractivity contribution in [1.29, 1.82) is 0 Å². The molecule has 0 fully saturated rings. The van der Waals surface area contributed by atoms with Gasteiger partial charge >= 0.3 is 12.1 Å². The van der Waals surface area contributed by atoms with Crippen LogP contribution in [0.15, 0.2) is 71.2 Å². The van der Waals surface area contributed by atoms with Gasteiger partial charge in [-0.3, -0.25) is 10.1 Å². The molecule has 4 rings (SSSR count). The van der Waals surface area contributed by atoms with Gasteiger partial charge in [0.25, 0.3) is 5.91 Å². The van der Waals surface area contributed by atoms with Crippen molar-refractivity contribution < 1.29 is 24.2 Å². The number of anilines is 1. The molecule has 3 aromatic carbocycles. The van der Waals surface area contributed by atoms with E-state index in [1.54, 1.807) is 12.1 Å². The number of benzene rings is 3. The van der Waals surface area contributed by atoms with E-state index in [9.17, 15) is 19.5 Å². The van der Waals surface area contributed by atoms with Crippen LogP contribution in [-0.4, -0.2) is 47.7 Å². The highest BCUT2D eigenvalue weighted by molar-refractivity contribution is 9.10. The van der Waals surface area contributed by atoms with E-state index in [4.69, 9.17) is 4.74 Å². The van der Waals surface area contributed by atoms with Crippen LogP contribution < -0.4 is 5.32 Å². The number of aliphatic carboxylic acids is 1. The molecule has 0 bridgehead atoms. The summed E-state index contributed by atoms with van der Waals surface area (Å²) in [7, 11) is 1.40. The smallest absolute Gasteiger partial charge is 0.411 e. The predicted octanol–water partition coefficient (Wildman–Crippen LogP) is 5.36. The Kier molecular flexibility index (Phi) is 6.70. The van der Waals surface area contributed by atoms with E-state index in [-0.39, 0.29) is 23.8 Å². The standard InChI is InChI=1S/C26H23BrN2O5/c1-15(25(31)32)29(2)24(30)21-12-11-16(27)13-23(21)28-26(33)34-14-22-19-9-5-3-7-17(19)18-8-4-6-10-20(18)22/h3-13,15,22H,14H2,1-2H3,(H,28,33)(H,31,32). The van der Waals surface area contributed by atoms with Crippen molar-refractivity contribution >= 4 is 39.6 Å². The van der Waals surface area contributed by atoms with Gasteiger partial charge in [-0.1, -0.05) is 64.5 Å². The SMILES string of the molecule is CC(C(=O)O)N(C)C(=O)c1ccc(Br)cc1NC(=O)OCC1c2ccccc2-c2ccccc21. The molecule has 8 heteroatoms. The predicted molar refractivity (Wildman–Crippen MR) is 132 cm³/mol. The van der Waals surface area contributed by atoms with Crippen LogP contribution in [0, 0.1) is 0 Å². The van der Waals surface area contributed by atoms with E-state index in [2.05, 4.69) is 33.4 Å². The maximum absolute atomic E-state index is 12.9. The number of amides is 2. The number of carbonyl (C=O) groups excluding carboxylic acids is 2. The van der Waals surface area contributed by atoms with Gasteiger partial charge in [0, 0.05) is 17.4 Å². The van der Waals surface area contributed by atoms with E-state index >= 15 is 0 Å². The lowest BCUT2D eigenvalue weighted by atomic mass is 9.98. The number of carboxylic acid groups (broad SMARTS) is 1. The van der Waals surface area contributed by atoms with Crippen molar-refractivity contribution in [3.63, 3.8) is 0 Å². The molecule has 2 N–H and O–H groups in total. The van der Waals surface area contributed by atoms with Crippen LogP contribution in [0.5, 0.6) is 0 Å². The topological polar surface area (TPSA) is 95.9 Å². The highest BCUT2D eigenvalue weighted by atomic mass is 79.9. The van der Waals surface area contributed by atoms with Crippen molar-refractivity contribution in [3.05, 3.63) is 87.9 Å². The number of carbonyl (C=O) groups is 3. The third-order valence-electron chi connectivity index (χ3n) is 6.05. The molecule has 1 atom stereocenters. The normalized spacial score (nSPS) is 12.9. The van der Waals surface area contributed by atoms with Gasteiger partial charge in [-0.25, -0.2) is 9.59 Å². The third kappa shape index (κ3) is 4.54. The molecule has 3 aromatic rings. The van der Waals surface area contributed by atoms with E-state index in [1.165, 1.54) is 20.0 Å². The molecule has 174 valence electrons. The van der Waals surface area contributed by atoms with E-state index in [0.29, 0.717) is 4.47 Å². The number of nitrogens with zero attached hydrogens (tertiary/aromatic N) is 1. The van der Waals surface area contributed by atoms with E-state index < -0.39 is 24.0 Å². The van der Waals surface area contributed by atoms with Gasteiger partial charge in [0.1, 0.15) is 12.6 Å². The Labute approximate surface area is 205 Å². The largest absolute Gasteiger partial charge is 0.480 e. The molecular formula is C26H23BrN2O5. The zero-order valence-corrected chi connectivity index (χ0v) is 20.2. The first-order chi connectivity index (χ1) is 16.3. The Hall–Kier alpha value is -3.65. The zero-order valence-electron chi connectivity index (χ0n) is 18.6. The van der Waals surface area contributed by atoms with Gasteiger partial charge in [0.05, 0.1) is 11.3 Å². The minimum Gasteiger partial charge on any atom is -0.480 e. The Balaban J connectivity index is 1.51. The van der Waals surface area contributed by atoms with Gasteiger partial charge in [0.2, 0.25) is 0 Å². The molecule has 0 heterocycles. The number of fused-ring (bicyclic) bond motifs is 3. The fraction of sp³-hybridized carbons (Fsp3) is 0.192. The summed E-state index contributed by atoms with van der Waals surface area (Å²) in [6, 6.07) is 19.8. The number of likely N-dealkylation sites (N-methyl/N-ethyl adjacent to an activating group) is 1.